The summed E-state index contributed by atoms with van der Waals surface area (Å²) in [6.07, 6.45) is 0.283. The van der Waals surface area contributed by atoms with Crippen molar-refractivity contribution in [1.29, 1.82) is 0 Å². The molecule has 1 atom stereocenters. The first-order valence-electron chi connectivity index (χ1n) is 8.34. The van der Waals surface area contributed by atoms with Crippen LogP contribution >= 0.6 is 0 Å². The molecular formula is C20H21NO6. The Kier molecular flexibility index (Phi) is 4.94. The zero-order valence-electron chi connectivity index (χ0n) is 15.6. The quantitative estimate of drug-likeness (QED) is 0.814. The number of amides is 1. The van der Waals surface area contributed by atoms with Crippen molar-refractivity contribution in [2.75, 3.05) is 26.6 Å². The molecule has 1 amide bonds. The third-order valence-electron chi connectivity index (χ3n) is 4.49. The van der Waals surface area contributed by atoms with Gasteiger partial charge in [-0.3, -0.25) is 4.79 Å². The maximum Gasteiger partial charge on any atom is 0.339 e. The molecule has 0 spiro atoms. The van der Waals surface area contributed by atoms with Gasteiger partial charge in [-0.1, -0.05) is 18.2 Å². The minimum atomic E-state index is -1.33. The minimum Gasteiger partial charge on any atom is -0.493 e. The Morgan fingerprint density at radius 1 is 1.07 bits per heavy atom. The van der Waals surface area contributed by atoms with Crippen molar-refractivity contribution in [2.24, 2.45) is 0 Å². The first-order chi connectivity index (χ1) is 12.9. The topological polar surface area (TPSA) is 83.1 Å². The standard InChI is InChI=1S/C20H21NO6/c1-20(11-12-7-5-6-8-14(12)18(22)27-20)19(23)21-13-9-15(24-2)17(26-4)16(10-13)25-3/h5-10H,11H2,1-4H3,(H,21,23). The number of fused-ring (bicyclic) bond motifs is 1. The van der Waals surface area contributed by atoms with Crippen LogP contribution in [0.4, 0.5) is 5.69 Å². The van der Waals surface area contributed by atoms with Gasteiger partial charge in [-0.2, -0.15) is 0 Å². The van der Waals surface area contributed by atoms with Gasteiger partial charge in [-0.25, -0.2) is 4.79 Å². The van der Waals surface area contributed by atoms with E-state index in [0.717, 1.165) is 5.56 Å². The van der Waals surface area contributed by atoms with Gasteiger partial charge in [0.05, 0.1) is 26.9 Å². The highest BCUT2D eigenvalue weighted by atomic mass is 16.6. The van der Waals surface area contributed by atoms with Crippen molar-refractivity contribution in [3.63, 3.8) is 0 Å². The number of methoxy groups -OCH3 is 3. The fourth-order valence-electron chi connectivity index (χ4n) is 3.08. The number of benzene rings is 2. The average molecular weight is 371 g/mol. The minimum absolute atomic E-state index is 0.283. The lowest BCUT2D eigenvalue weighted by Gasteiger charge is -2.33. The molecule has 0 bridgehead atoms. The van der Waals surface area contributed by atoms with E-state index in [1.54, 1.807) is 31.2 Å². The number of ether oxygens (including phenoxy) is 4. The number of esters is 1. The molecule has 0 saturated carbocycles. The summed E-state index contributed by atoms with van der Waals surface area (Å²) in [6.45, 7) is 1.59. The summed E-state index contributed by atoms with van der Waals surface area (Å²) in [5, 5.41) is 2.77. The molecule has 1 unspecified atom stereocenters. The molecule has 0 saturated heterocycles. The van der Waals surface area contributed by atoms with Crippen molar-refractivity contribution in [2.45, 2.75) is 18.9 Å². The van der Waals surface area contributed by atoms with Crippen LogP contribution < -0.4 is 19.5 Å². The van der Waals surface area contributed by atoms with Crippen molar-refractivity contribution < 1.29 is 28.5 Å². The summed E-state index contributed by atoms with van der Waals surface area (Å²) in [5.41, 5.74) is 0.365. The molecule has 0 radical (unpaired) electrons. The third kappa shape index (κ3) is 3.40. The normalized spacial score (nSPS) is 18.1. The van der Waals surface area contributed by atoms with Crippen molar-refractivity contribution in [3.05, 3.63) is 47.5 Å². The Morgan fingerprint density at radius 3 is 2.30 bits per heavy atom. The average Bonchev–Trinajstić information content (AvgIpc) is 2.66. The van der Waals surface area contributed by atoms with Crippen LogP contribution in [0.25, 0.3) is 0 Å². The van der Waals surface area contributed by atoms with Crippen LogP contribution in [0.15, 0.2) is 36.4 Å². The van der Waals surface area contributed by atoms with Crippen LogP contribution in [0.2, 0.25) is 0 Å². The fourth-order valence-corrected chi connectivity index (χ4v) is 3.08. The van der Waals surface area contributed by atoms with Crippen LogP contribution in [-0.2, 0) is 16.0 Å². The molecule has 2 aromatic rings. The van der Waals surface area contributed by atoms with Gasteiger partial charge in [0, 0.05) is 24.2 Å². The molecule has 0 aromatic heterocycles. The lowest BCUT2D eigenvalue weighted by Crippen LogP contribution is -2.48. The van der Waals surface area contributed by atoms with Crippen molar-refractivity contribution in [3.8, 4) is 17.2 Å². The van der Waals surface area contributed by atoms with Gasteiger partial charge >= 0.3 is 5.97 Å². The number of carbonyl (C=O) groups excluding carboxylic acids is 2. The second-order valence-electron chi connectivity index (χ2n) is 6.32. The van der Waals surface area contributed by atoms with Gasteiger partial charge in [0.25, 0.3) is 5.91 Å². The van der Waals surface area contributed by atoms with Gasteiger partial charge in [-0.05, 0) is 18.6 Å². The number of cyclic esters (lactones) is 1. The second-order valence-corrected chi connectivity index (χ2v) is 6.32. The van der Waals surface area contributed by atoms with E-state index in [1.807, 2.05) is 12.1 Å². The first-order valence-corrected chi connectivity index (χ1v) is 8.34. The largest absolute Gasteiger partial charge is 0.493 e. The molecule has 7 heteroatoms. The molecule has 27 heavy (non-hydrogen) atoms. The Bertz CT molecular complexity index is 869. The zero-order valence-corrected chi connectivity index (χ0v) is 15.6. The summed E-state index contributed by atoms with van der Waals surface area (Å²) in [6, 6.07) is 10.3. The molecule has 2 aromatic carbocycles. The molecule has 0 aliphatic carbocycles. The molecule has 1 N–H and O–H groups in total. The zero-order chi connectivity index (χ0) is 19.6. The summed E-state index contributed by atoms with van der Waals surface area (Å²) in [5.74, 6) is 0.271. The predicted molar refractivity (Wildman–Crippen MR) is 98.7 cm³/mol. The highest BCUT2D eigenvalue weighted by Gasteiger charge is 2.42. The molecule has 0 fully saturated rings. The van der Waals surface area contributed by atoms with Crippen LogP contribution in [0, 0.1) is 0 Å². The molecule has 142 valence electrons. The molecule has 7 nitrogen and oxygen atoms in total. The number of carbonyl (C=O) groups is 2. The van der Waals surface area contributed by atoms with E-state index < -0.39 is 17.5 Å². The van der Waals surface area contributed by atoms with E-state index in [4.69, 9.17) is 18.9 Å². The summed E-state index contributed by atoms with van der Waals surface area (Å²) in [4.78, 5) is 25.2. The van der Waals surface area contributed by atoms with Gasteiger partial charge in [0.2, 0.25) is 5.75 Å². The molecular weight excluding hydrogens is 350 g/mol. The van der Waals surface area contributed by atoms with Gasteiger partial charge in [0.1, 0.15) is 0 Å². The fraction of sp³-hybridized carbons (Fsp3) is 0.300. The first kappa shape index (κ1) is 18.6. The Labute approximate surface area is 157 Å². The van der Waals surface area contributed by atoms with Crippen LogP contribution in [0.5, 0.6) is 17.2 Å². The lowest BCUT2D eigenvalue weighted by atomic mass is 9.89. The number of hydrogen-bond donors (Lipinski definition) is 1. The van der Waals surface area contributed by atoms with Crippen LogP contribution in [0.3, 0.4) is 0 Å². The predicted octanol–water partition coefficient (Wildman–Crippen LogP) is 2.82. The molecule has 1 heterocycles. The van der Waals surface area contributed by atoms with E-state index in [1.165, 1.54) is 21.3 Å². The Morgan fingerprint density at radius 2 is 1.70 bits per heavy atom. The van der Waals surface area contributed by atoms with E-state index in [2.05, 4.69) is 5.32 Å². The monoisotopic (exact) mass is 371 g/mol. The van der Waals surface area contributed by atoms with Crippen molar-refractivity contribution >= 4 is 17.6 Å². The highest BCUT2D eigenvalue weighted by molar-refractivity contribution is 6.02. The van der Waals surface area contributed by atoms with E-state index in [0.29, 0.717) is 28.5 Å². The van der Waals surface area contributed by atoms with Gasteiger partial charge in [-0.15, -0.1) is 0 Å². The van der Waals surface area contributed by atoms with Crippen molar-refractivity contribution in [1.82, 2.24) is 0 Å². The smallest absolute Gasteiger partial charge is 0.339 e. The number of rotatable bonds is 5. The number of anilines is 1. The summed E-state index contributed by atoms with van der Waals surface area (Å²) in [7, 11) is 4.48. The number of nitrogens with one attached hydrogen (secondary N) is 1. The molecule has 1 aliphatic rings. The van der Waals surface area contributed by atoms with E-state index in [-0.39, 0.29) is 6.42 Å². The molecule has 3 rings (SSSR count). The van der Waals surface area contributed by atoms with E-state index in [9.17, 15) is 9.59 Å². The lowest BCUT2D eigenvalue weighted by molar-refractivity contribution is -0.134. The van der Waals surface area contributed by atoms with E-state index >= 15 is 0 Å². The Balaban J connectivity index is 1.88. The van der Waals surface area contributed by atoms with Crippen LogP contribution in [-0.4, -0.2) is 38.8 Å². The SMILES string of the molecule is COc1cc(NC(=O)C2(C)Cc3ccccc3C(=O)O2)cc(OC)c1OC. The second kappa shape index (κ2) is 7.19. The number of hydrogen-bond acceptors (Lipinski definition) is 6. The maximum absolute atomic E-state index is 12.9. The third-order valence-corrected chi connectivity index (χ3v) is 4.49. The van der Waals surface area contributed by atoms with Gasteiger partial charge in [0.15, 0.2) is 17.1 Å². The summed E-state index contributed by atoms with van der Waals surface area (Å²) < 4.78 is 21.3. The van der Waals surface area contributed by atoms with Crippen LogP contribution in [0.1, 0.15) is 22.8 Å². The maximum atomic E-state index is 12.9. The Hall–Kier alpha value is -3.22. The highest BCUT2D eigenvalue weighted by Crippen LogP contribution is 2.40. The summed E-state index contributed by atoms with van der Waals surface area (Å²) >= 11 is 0. The van der Waals surface area contributed by atoms with Gasteiger partial charge < -0.3 is 24.3 Å². The molecule has 1 aliphatic heterocycles.